The summed E-state index contributed by atoms with van der Waals surface area (Å²) in [5.74, 6) is -1.12. The quantitative estimate of drug-likeness (QED) is 0.789. The summed E-state index contributed by atoms with van der Waals surface area (Å²) >= 11 is 0. The minimum Gasteiger partial charge on any atom is -0.481 e. The second-order valence-corrected chi connectivity index (χ2v) is 4.79. The third-order valence-corrected chi connectivity index (χ3v) is 3.14. The lowest BCUT2D eigenvalue weighted by Crippen LogP contribution is -2.32. The summed E-state index contributed by atoms with van der Waals surface area (Å²) in [7, 11) is 0. The van der Waals surface area contributed by atoms with E-state index in [-0.39, 0.29) is 24.4 Å². The molecule has 19 heavy (non-hydrogen) atoms. The fourth-order valence-electron chi connectivity index (χ4n) is 2.23. The Morgan fingerprint density at radius 1 is 1.47 bits per heavy atom. The van der Waals surface area contributed by atoms with Gasteiger partial charge in [0, 0.05) is 20.0 Å². The van der Waals surface area contributed by atoms with Gasteiger partial charge in [-0.3, -0.25) is 19.8 Å². The SMILES string of the molecule is Cc1nnc(NC(=O)CN2CC(C)C(C(=O)O)C2)o1. The number of nitrogens with one attached hydrogen (secondary N) is 1. The van der Waals surface area contributed by atoms with Gasteiger partial charge in [0.25, 0.3) is 0 Å². The molecule has 0 bridgehead atoms. The number of aryl methyl sites for hydroxylation is 1. The summed E-state index contributed by atoms with van der Waals surface area (Å²) in [6, 6.07) is 0.0597. The maximum absolute atomic E-state index is 11.7. The van der Waals surface area contributed by atoms with Crippen LogP contribution in [0.3, 0.4) is 0 Å². The molecule has 2 unspecified atom stereocenters. The van der Waals surface area contributed by atoms with Crippen molar-refractivity contribution in [1.82, 2.24) is 15.1 Å². The Kier molecular flexibility index (Phi) is 3.79. The van der Waals surface area contributed by atoms with Crippen molar-refractivity contribution >= 4 is 17.9 Å². The van der Waals surface area contributed by atoms with E-state index in [2.05, 4.69) is 15.5 Å². The number of likely N-dealkylation sites (tertiary alicyclic amines) is 1. The molecule has 1 aromatic rings. The highest BCUT2D eigenvalue weighted by Gasteiger charge is 2.35. The van der Waals surface area contributed by atoms with Crippen LogP contribution < -0.4 is 5.32 Å². The maximum atomic E-state index is 11.7. The van der Waals surface area contributed by atoms with E-state index in [1.165, 1.54) is 0 Å². The van der Waals surface area contributed by atoms with Crippen molar-refractivity contribution in [2.24, 2.45) is 11.8 Å². The number of anilines is 1. The van der Waals surface area contributed by atoms with Gasteiger partial charge in [-0.05, 0) is 5.92 Å². The van der Waals surface area contributed by atoms with Crippen molar-refractivity contribution in [3.63, 3.8) is 0 Å². The minimum atomic E-state index is -0.817. The molecule has 8 heteroatoms. The largest absolute Gasteiger partial charge is 0.481 e. The van der Waals surface area contributed by atoms with Gasteiger partial charge in [-0.15, -0.1) is 5.10 Å². The van der Waals surface area contributed by atoms with Gasteiger partial charge in [0.2, 0.25) is 11.8 Å². The highest BCUT2D eigenvalue weighted by atomic mass is 16.4. The van der Waals surface area contributed by atoms with Gasteiger partial charge < -0.3 is 9.52 Å². The average molecular weight is 268 g/mol. The molecule has 0 spiro atoms. The van der Waals surface area contributed by atoms with Gasteiger partial charge in [0.15, 0.2) is 0 Å². The van der Waals surface area contributed by atoms with E-state index < -0.39 is 11.9 Å². The third kappa shape index (κ3) is 3.28. The highest BCUT2D eigenvalue weighted by Crippen LogP contribution is 2.22. The Morgan fingerprint density at radius 2 is 2.21 bits per heavy atom. The molecule has 2 N–H and O–H groups in total. The van der Waals surface area contributed by atoms with Gasteiger partial charge in [-0.25, -0.2) is 0 Å². The van der Waals surface area contributed by atoms with E-state index in [9.17, 15) is 9.59 Å². The van der Waals surface area contributed by atoms with Crippen molar-refractivity contribution in [2.75, 3.05) is 25.0 Å². The molecule has 2 rings (SSSR count). The summed E-state index contributed by atoms with van der Waals surface area (Å²) in [4.78, 5) is 24.5. The van der Waals surface area contributed by atoms with E-state index >= 15 is 0 Å². The van der Waals surface area contributed by atoms with Crippen molar-refractivity contribution in [3.05, 3.63) is 5.89 Å². The average Bonchev–Trinajstić information content (AvgIpc) is 2.85. The van der Waals surface area contributed by atoms with Gasteiger partial charge in [0.1, 0.15) is 0 Å². The second kappa shape index (κ2) is 5.35. The Bertz CT molecular complexity index is 487. The molecule has 0 saturated carbocycles. The van der Waals surface area contributed by atoms with E-state index in [1.54, 1.807) is 6.92 Å². The molecule has 1 amide bonds. The molecule has 0 radical (unpaired) electrons. The predicted octanol–water partition coefficient (Wildman–Crippen LogP) is -0.0310. The summed E-state index contributed by atoms with van der Waals surface area (Å²) in [6.07, 6.45) is 0. The molecule has 1 fully saturated rings. The van der Waals surface area contributed by atoms with Gasteiger partial charge in [0.05, 0.1) is 12.5 Å². The van der Waals surface area contributed by atoms with Crippen molar-refractivity contribution in [2.45, 2.75) is 13.8 Å². The first-order valence-corrected chi connectivity index (χ1v) is 6.01. The summed E-state index contributed by atoms with van der Waals surface area (Å²) in [5, 5.41) is 18.7. The third-order valence-electron chi connectivity index (χ3n) is 3.14. The van der Waals surface area contributed by atoms with Gasteiger partial charge in [-0.1, -0.05) is 12.0 Å². The minimum absolute atomic E-state index is 0.0379. The number of aromatic nitrogens is 2. The van der Waals surface area contributed by atoms with Crippen LogP contribution in [0.25, 0.3) is 0 Å². The number of carbonyl (C=O) groups is 2. The van der Waals surface area contributed by atoms with Crippen LogP contribution >= 0.6 is 0 Å². The lowest BCUT2D eigenvalue weighted by Gasteiger charge is -2.13. The maximum Gasteiger partial charge on any atom is 0.322 e. The number of aliphatic carboxylic acids is 1. The molecule has 104 valence electrons. The standard InChI is InChI=1S/C11H16N4O4/c1-6-3-15(4-8(6)10(17)18)5-9(16)12-11-14-13-7(2)19-11/h6,8H,3-5H2,1-2H3,(H,17,18)(H,12,14,16). The zero-order chi connectivity index (χ0) is 14.0. The normalized spacial score (nSPS) is 23.5. The molecule has 1 saturated heterocycles. The lowest BCUT2D eigenvalue weighted by atomic mass is 9.99. The number of carbonyl (C=O) groups excluding carboxylic acids is 1. The lowest BCUT2D eigenvalue weighted by molar-refractivity contribution is -0.142. The molecule has 0 aliphatic carbocycles. The smallest absolute Gasteiger partial charge is 0.322 e. The Labute approximate surface area is 109 Å². The number of carboxylic acids is 1. The molecule has 2 heterocycles. The van der Waals surface area contributed by atoms with Crippen LogP contribution in [0.15, 0.2) is 4.42 Å². The molecule has 1 aromatic heterocycles. The zero-order valence-corrected chi connectivity index (χ0v) is 10.8. The highest BCUT2D eigenvalue weighted by molar-refractivity contribution is 5.90. The monoisotopic (exact) mass is 268 g/mol. The number of rotatable bonds is 4. The number of nitrogens with zero attached hydrogens (tertiary/aromatic N) is 3. The van der Waals surface area contributed by atoms with Crippen molar-refractivity contribution < 1.29 is 19.1 Å². The van der Waals surface area contributed by atoms with Crippen molar-refractivity contribution in [1.29, 1.82) is 0 Å². The first-order chi connectivity index (χ1) is 8.95. The van der Waals surface area contributed by atoms with Crippen LogP contribution in [-0.4, -0.2) is 51.7 Å². The molecule has 8 nitrogen and oxygen atoms in total. The molecule has 1 aliphatic rings. The first-order valence-electron chi connectivity index (χ1n) is 6.01. The van der Waals surface area contributed by atoms with Crippen LogP contribution in [0.1, 0.15) is 12.8 Å². The zero-order valence-electron chi connectivity index (χ0n) is 10.8. The fourth-order valence-corrected chi connectivity index (χ4v) is 2.23. The van der Waals surface area contributed by atoms with Gasteiger partial charge >= 0.3 is 12.0 Å². The van der Waals surface area contributed by atoms with Crippen LogP contribution in [0.2, 0.25) is 0 Å². The fraction of sp³-hybridized carbons (Fsp3) is 0.636. The van der Waals surface area contributed by atoms with E-state index in [4.69, 9.17) is 9.52 Å². The number of carboxylic acid groups (broad SMARTS) is 1. The molecule has 2 atom stereocenters. The Hall–Kier alpha value is -1.96. The predicted molar refractivity (Wildman–Crippen MR) is 64.4 cm³/mol. The Morgan fingerprint density at radius 3 is 2.74 bits per heavy atom. The van der Waals surface area contributed by atoms with E-state index in [0.717, 1.165) is 0 Å². The first kappa shape index (κ1) is 13.5. The van der Waals surface area contributed by atoms with Crippen LogP contribution in [0.5, 0.6) is 0 Å². The van der Waals surface area contributed by atoms with Gasteiger partial charge in [-0.2, -0.15) is 0 Å². The van der Waals surface area contributed by atoms with E-state index in [0.29, 0.717) is 19.0 Å². The van der Waals surface area contributed by atoms with E-state index in [1.807, 2.05) is 11.8 Å². The molecule has 0 aromatic carbocycles. The summed E-state index contributed by atoms with van der Waals surface area (Å²) in [5.41, 5.74) is 0. The Balaban J connectivity index is 1.85. The van der Waals surface area contributed by atoms with Crippen molar-refractivity contribution in [3.8, 4) is 0 Å². The van der Waals surface area contributed by atoms with Crippen LogP contribution in [0.4, 0.5) is 6.01 Å². The summed E-state index contributed by atoms with van der Waals surface area (Å²) < 4.78 is 5.03. The number of hydrogen-bond donors (Lipinski definition) is 2. The molecular weight excluding hydrogens is 252 g/mol. The topological polar surface area (TPSA) is 109 Å². The number of hydrogen-bond acceptors (Lipinski definition) is 6. The molecule has 1 aliphatic heterocycles. The number of amides is 1. The second-order valence-electron chi connectivity index (χ2n) is 4.79. The van der Waals surface area contributed by atoms with Crippen LogP contribution in [-0.2, 0) is 9.59 Å². The van der Waals surface area contributed by atoms with Crippen LogP contribution in [0, 0.1) is 18.8 Å². The molecular formula is C11H16N4O4. The summed E-state index contributed by atoms with van der Waals surface area (Å²) in [6.45, 7) is 4.59.